The summed E-state index contributed by atoms with van der Waals surface area (Å²) in [6.07, 6.45) is 6.31. The third kappa shape index (κ3) is 4.09. The lowest BCUT2D eigenvalue weighted by Crippen LogP contribution is -2.53. The van der Waals surface area contributed by atoms with E-state index in [2.05, 4.69) is 18.7 Å². The van der Waals surface area contributed by atoms with E-state index in [1.165, 1.54) is 32.1 Å². The van der Waals surface area contributed by atoms with Gasteiger partial charge in [0, 0.05) is 31.2 Å². The number of rotatable bonds is 5. The van der Waals surface area contributed by atoms with Crippen molar-refractivity contribution >= 4 is 0 Å². The first-order chi connectivity index (χ1) is 7.07. The molecule has 1 fully saturated rings. The minimum absolute atomic E-state index is 0.0533. The summed E-state index contributed by atoms with van der Waals surface area (Å²) < 4.78 is 0. The molecule has 15 heavy (non-hydrogen) atoms. The van der Waals surface area contributed by atoms with Gasteiger partial charge < -0.3 is 11.5 Å². The molecule has 0 aromatic rings. The van der Waals surface area contributed by atoms with Crippen LogP contribution >= 0.6 is 0 Å². The van der Waals surface area contributed by atoms with Crippen LogP contribution in [0.3, 0.4) is 0 Å². The van der Waals surface area contributed by atoms with Gasteiger partial charge in [-0.05, 0) is 26.7 Å². The first-order valence-corrected chi connectivity index (χ1v) is 6.30. The van der Waals surface area contributed by atoms with Crippen LogP contribution in [-0.2, 0) is 0 Å². The van der Waals surface area contributed by atoms with E-state index in [0.29, 0.717) is 6.04 Å². The molecule has 3 heteroatoms. The molecule has 0 saturated heterocycles. The molecule has 0 amide bonds. The molecule has 1 saturated carbocycles. The Bertz CT molecular complexity index is 174. The maximum absolute atomic E-state index is 6.45. The van der Waals surface area contributed by atoms with Gasteiger partial charge in [-0.15, -0.1) is 0 Å². The molecule has 0 spiro atoms. The van der Waals surface area contributed by atoms with E-state index in [0.717, 1.165) is 19.6 Å². The molecule has 90 valence electrons. The van der Waals surface area contributed by atoms with E-state index >= 15 is 0 Å². The van der Waals surface area contributed by atoms with Crippen LogP contribution in [0.1, 0.15) is 46.0 Å². The molecule has 1 aliphatic carbocycles. The van der Waals surface area contributed by atoms with Crippen molar-refractivity contribution in [3.05, 3.63) is 0 Å². The van der Waals surface area contributed by atoms with Crippen LogP contribution in [0.2, 0.25) is 0 Å². The van der Waals surface area contributed by atoms with Gasteiger partial charge in [0.05, 0.1) is 0 Å². The van der Waals surface area contributed by atoms with Gasteiger partial charge in [0.15, 0.2) is 0 Å². The van der Waals surface area contributed by atoms with Crippen LogP contribution in [0.15, 0.2) is 0 Å². The van der Waals surface area contributed by atoms with Gasteiger partial charge >= 0.3 is 0 Å². The maximum atomic E-state index is 6.45. The zero-order valence-electron chi connectivity index (χ0n) is 10.3. The summed E-state index contributed by atoms with van der Waals surface area (Å²) in [6.45, 7) is 7.16. The molecule has 0 unspecified atom stereocenters. The lowest BCUT2D eigenvalue weighted by molar-refractivity contribution is 0.147. The van der Waals surface area contributed by atoms with Gasteiger partial charge in [0.2, 0.25) is 0 Å². The monoisotopic (exact) mass is 213 g/mol. The number of hydrogen-bond donors (Lipinski definition) is 2. The highest BCUT2D eigenvalue weighted by atomic mass is 15.2. The SMILES string of the molecule is CC(C)N(CCN)CC1(N)CCCCC1. The van der Waals surface area contributed by atoms with Crippen LogP contribution in [-0.4, -0.2) is 36.1 Å². The van der Waals surface area contributed by atoms with Crippen molar-refractivity contribution < 1.29 is 0 Å². The van der Waals surface area contributed by atoms with E-state index in [1.807, 2.05) is 0 Å². The molecular weight excluding hydrogens is 186 g/mol. The highest BCUT2D eigenvalue weighted by molar-refractivity contribution is 4.90. The Kier molecular flexibility index (Phi) is 5.03. The van der Waals surface area contributed by atoms with E-state index in [9.17, 15) is 0 Å². The van der Waals surface area contributed by atoms with E-state index in [1.54, 1.807) is 0 Å². The Morgan fingerprint density at radius 2 is 1.80 bits per heavy atom. The molecule has 0 radical (unpaired) electrons. The minimum atomic E-state index is 0.0533. The van der Waals surface area contributed by atoms with Crippen LogP contribution in [0, 0.1) is 0 Å². The molecule has 0 aliphatic heterocycles. The second-order valence-electron chi connectivity index (χ2n) is 5.28. The van der Waals surface area contributed by atoms with Gasteiger partial charge in [0.1, 0.15) is 0 Å². The van der Waals surface area contributed by atoms with Crippen molar-refractivity contribution in [1.82, 2.24) is 4.90 Å². The van der Waals surface area contributed by atoms with Gasteiger partial charge in [0.25, 0.3) is 0 Å². The number of nitrogens with two attached hydrogens (primary N) is 2. The first kappa shape index (κ1) is 12.9. The molecule has 0 aromatic carbocycles. The Morgan fingerprint density at radius 3 is 2.27 bits per heavy atom. The van der Waals surface area contributed by atoms with Gasteiger partial charge in [-0.3, -0.25) is 4.90 Å². The Hall–Kier alpha value is -0.120. The molecule has 0 bridgehead atoms. The standard InChI is InChI=1S/C12H27N3/c1-11(2)15(9-8-13)10-12(14)6-4-3-5-7-12/h11H,3-10,13-14H2,1-2H3. The fraction of sp³-hybridized carbons (Fsp3) is 1.00. The molecule has 0 heterocycles. The lowest BCUT2D eigenvalue weighted by atomic mass is 9.82. The molecule has 4 N–H and O–H groups in total. The second kappa shape index (κ2) is 5.83. The van der Waals surface area contributed by atoms with Crippen molar-refractivity contribution in [2.24, 2.45) is 11.5 Å². The van der Waals surface area contributed by atoms with Gasteiger partial charge in [-0.25, -0.2) is 0 Å². The number of nitrogens with zero attached hydrogens (tertiary/aromatic N) is 1. The van der Waals surface area contributed by atoms with Crippen LogP contribution in [0.25, 0.3) is 0 Å². The maximum Gasteiger partial charge on any atom is 0.0283 e. The van der Waals surface area contributed by atoms with Crippen molar-refractivity contribution in [3.63, 3.8) is 0 Å². The molecule has 0 aromatic heterocycles. The van der Waals surface area contributed by atoms with E-state index in [-0.39, 0.29) is 5.54 Å². The zero-order valence-corrected chi connectivity index (χ0v) is 10.3. The van der Waals surface area contributed by atoms with Crippen LogP contribution in [0.5, 0.6) is 0 Å². The zero-order chi connectivity index (χ0) is 11.3. The molecular formula is C12H27N3. The Morgan fingerprint density at radius 1 is 1.20 bits per heavy atom. The van der Waals surface area contributed by atoms with Crippen molar-refractivity contribution in [2.75, 3.05) is 19.6 Å². The molecule has 0 atom stereocenters. The topological polar surface area (TPSA) is 55.3 Å². The normalized spacial score (nSPS) is 21.2. The average molecular weight is 213 g/mol. The summed E-state index contributed by atoms with van der Waals surface area (Å²) in [6, 6.07) is 0.552. The highest BCUT2D eigenvalue weighted by Gasteiger charge is 2.30. The molecule has 3 nitrogen and oxygen atoms in total. The van der Waals surface area contributed by atoms with E-state index in [4.69, 9.17) is 11.5 Å². The first-order valence-electron chi connectivity index (χ1n) is 6.30. The minimum Gasteiger partial charge on any atom is -0.329 e. The Balaban J connectivity index is 2.47. The summed E-state index contributed by atoms with van der Waals surface area (Å²) in [4.78, 5) is 2.42. The predicted molar refractivity (Wildman–Crippen MR) is 65.8 cm³/mol. The summed E-state index contributed by atoms with van der Waals surface area (Å²) >= 11 is 0. The van der Waals surface area contributed by atoms with Crippen molar-refractivity contribution in [2.45, 2.75) is 57.5 Å². The third-order valence-electron chi connectivity index (χ3n) is 3.51. The van der Waals surface area contributed by atoms with E-state index < -0.39 is 0 Å². The van der Waals surface area contributed by atoms with Crippen LogP contribution < -0.4 is 11.5 Å². The fourth-order valence-corrected chi connectivity index (χ4v) is 2.50. The van der Waals surface area contributed by atoms with Crippen LogP contribution in [0.4, 0.5) is 0 Å². The Labute approximate surface area is 94.2 Å². The quantitative estimate of drug-likeness (QED) is 0.724. The smallest absolute Gasteiger partial charge is 0.0283 e. The third-order valence-corrected chi connectivity index (χ3v) is 3.51. The van der Waals surface area contributed by atoms with Gasteiger partial charge in [-0.2, -0.15) is 0 Å². The fourth-order valence-electron chi connectivity index (χ4n) is 2.50. The molecule has 1 aliphatic rings. The summed E-state index contributed by atoms with van der Waals surface area (Å²) in [5, 5.41) is 0. The summed E-state index contributed by atoms with van der Waals surface area (Å²) in [7, 11) is 0. The van der Waals surface area contributed by atoms with Crippen molar-refractivity contribution in [1.29, 1.82) is 0 Å². The highest BCUT2D eigenvalue weighted by Crippen LogP contribution is 2.27. The van der Waals surface area contributed by atoms with Gasteiger partial charge in [-0.1, -0.05) is 19.3 Å². The summed E-state index contributed by atoms with van der Waals surface area (Å²) in [5.74, 6) is 0. The molecule has 1 rings (SSSR count). The second-order valence-corrected chi connectivity index (χ2v) is 5.28. The summed E-state index contributed by atoms with van der Waals surface area (Å²) in [5.41, 5.74) is 12.1. The lowest BCUT2D eigenvalue weighted by Gasteiger charge is -2.39. The average Bonchev–Trinajstić information content (AvgIpc) is 2.18. The van der Waals surface area contributed by atoms with Crippen molar-refractivity contribution in [3.8, 4) is 0 Å². The predicted octanol–water partition coefficient (Wildman–Crippen LogP) is 1.32. The number of hydrogen-bond acceptors (Lipinski definition) is 3. The largest absolute Gasteiger partial charge is 0.329 e.